The number of halogens is 2. The van der Waals surface area contributed by atoms with Crippen LogP contribution in [0.25, 0.3) is 0 Å². The van der Waals surface area contributed by atoms with Crippen LogP contribution in [0.2, 0.25) is 0 Å². The van der Waals surface area contributed by atoms with Gasteiger partial charge in [0.15, 0.2) is 0 Å². The van der Waals surface area contributed by atoms with Crippen LogP contribution in [0.5, 0.6) is 0 Å². The Morgan fingerprint density at radius 3 is 2.56 bits per heavy atom. The van der Waals surface area contributed by atoms with Crippen molar-refractivity contribution in [3.63, 3.8) is 0 Å². The minimum Gasteiger partial charge on any atom is -0.348 e. The first-order valence-electron chi connectivity index (χ1n) is 4.82. The number of rotatable bonds is 3. The summed E-state index contributed by atoms with van der Waals surface area (Å²) in [6, 6.07) is 7.33. The molecule has 1 amide bonds. The lowest BCUT2D eigenvalue weighted by molar-refractivity contribution is -0.122. The monoisotopic (exact) mass is 306 g/mol. The highest BCUT2D eigenvalue weighted by molar-refractivity contribution is 9.10. The maximum absolute atomic E-state index is 11.4. The molecule has 5 heteroatoms. The fourth-order valence-electron chi connectivity index (χ4n) is 1.20. The summed E-state index contributed by atoms with van der Waals surface area (Å²) in [5.74, 6) is -0.137. The second kappa shape index (κ2) is 6.89. The van der Waals surface area contributed by atoms with Gasteiger partial charge < -0.3 is 11.1 Å². The van der Waals surface area contributed by atoms with Crippen molar-refractivity contribution >= 4 is 34.2 Å². The van der Waals surface area contributed by atoms with Gasteiger partial charge in [0.25, 0.3) is 0 Å². The summed E-state index contributed by atoms with van der Waals surface area (Å²) in [5.41, 5.74) is 6.52. The molecule has 2 atom stereocenters. The zero-order valence-corrected chi connectivity index (χ0v) is 11.6. The van der Waals surface area contributed by atoms with Gasteiger partial charge in [-0.1, -0.05) is 28.1 Å². The van der Waals surface area contributed by atoms with Crippen LogP contribution in [0.15, 0.2) is 28.7 Å². The third-order valence-corrected chi connectivity index (χ3v) is 2.61. The van der Waals surface area contributed by atoms with Crippen LogP contribution in [-0.4, -0.2) is 11.9 Å². The summed E-state index contributed by atoms with van der Waals surface area (Å²) in [6.07, 6.45) is 0. The Morgan fingerprint density at radius 2 is 2.06 bits per heavy atom. The molecular formula is C11H16BrClN2O. The molecule has 16 heavy (non-hydrogen) atoms. The number of nitrogens with two attached hydrogens (primary N) is 1. The van der Waals surface area contributed by atoms with E-state index in [1.807, 2.05) is 31.2 Å². The van der Waals surface area contributed by atoms with Gasteiger partial charge in [-0.3, -0.25) is 4.79 Å². The summed E-state index contributed by atoms with van der Waals surface area (Å²) >= 11 is 3.39. The fraction of sp³-hybridized carbons (Fsp3) is 0.364. The predicted molar refractivity (Wildman–Crippen MR) is 71.6 cm³/mol. The zero-order valence-electron chi connectivity index (χ0n) is 9.24. The van der Waals surface area contributed by atoms with Gasteiger partial charge in [-0.2, -0.15) is 0 Å². The van der Waals surface area contributed by atoms with E-state index in [0.29, 0.717) is 0 Å². The number of hydrogen-bond acceptors (Lipinski definition) is 2. The molecule has 90 valence electrons. The van der Waals surface area contributed by atoms with Crippen molar-refractivity contribution in [2.24, 2.45) is 5.73 Å². The third kappa shape index (κ3) is 4.51. The Balaban J connectivity index is 0.00000225. The molecule has 0 aromatic heterocycles. The fourth-order valence-corrected chi connectivity index (χ4v) is 1.62. The van der Waals surface area contributed by atoms with Gasteiger partial charge in [-0.25, -0.2) is 0 Å². The third-order valence-electron chi connectivity index (χ3n) is 2.12. The van der Waals surface area contributed by atoms with Crippen LogP contribution in [0, 0.1) is 0 Å². The number of hydrogen-bond donors (Lipinski definition) is 2. The minimum absolute atomic E-state index is 0. The Bertz CT molecular complexity index is 358. The molecule has 1 unspecified atom stereocenters. The van der Waals surface area contributed by atoms with Gasteiger partial charge in [-0.05, 0) is 31.5 Å². The topological polar surface area (TPSA) is 55.1 Å². The molecule has 0 aliphatic rings. The Labute approximate surface area is 110 Å². The van der Waals surface area contributed by atoms with E-state index in [2.05, 4.69) is 21.2 Å². The normalized spacial score (nSPS) is 13.5. The number of nitrogens with one attached hydrogen (secondary N) is 1. The van der Waals surface area contributed by atoms with Crippen molar-refractivity contribution in [2.45, 2.75) is 25.9 Å². The van der Waals surface area contributed by atoms with Crippen molar-refractivity contribution in [3.05, 3.63) is 34.3 Å². The number of benzene rings is 1. The smallest absolute Gasteiger partial charge is 0.237 e. The van der Waals surface area contributed by atoms with Gasteiger partial charge >= 0.3 is 0 Å². The van der Waals surface area contributed by atoms with E-state index in [1.165, 1.54) is 0 Å². The van der Waals surface area contributed by atoms with E-state index in [9.17, 15) is 4.79 Å². The van der Waals surface area contributed by atoms with Crippen LogP contribution in [0.1, 0.15) is 25.5 Å². The quantitative estimate of drug-likeness (QED) is 0.901. The van der Waals surface area contributed by atoms with Crippen LogP contribution >= 0.6 is 28.3 Å². The van der Waals surface area contributed by atoms with Crippen LogP contribution < -0.4 is 11.1 Å². The molecule has 0 heterocycles. The van der Waals surface area contributed by atoms with Crippen LogP contribution in [-0.2, 0) is 4.79 Å². The molecule has 1 aromatic carbocycles. The highest BCUT2D eigenvalue weighted by Crippen LogP contribution is 2.17. The van der Waals surface area contributed by atoms with E-state index < -0.39 is 6.04 Å². The zero-order chi connectivity index (χ0) is 11.4. The van der Waals surface area contributed by atoms with E-state index in [0.717, 1.165) is 10.0 Å². The molecule has 0 saturated heterocycles. The highest BCUT2D eigenvalue weighted by Gasteiger charge is 2.12. The molecule has 0 aliphatic heterocycles. The van der Waals surface area contributed by atoms with E-state index >= 15 is 0 Å². The molecule has 0 fully saturated rings. The molecular weight excluding hydrogens is 291 g/mol. The Morgan fingerprint density at radius 1 is 1.44 bits per heavy atom. The lowest BCUT2D eigenvalue weighted by Gasteiger charge is -2.16. The minimum atomic E-state index is -0.473. The van der Waals surface area contributed by atoms with Crippen LogP contribution in [0.4, 0.5) is 0 Å². The van der Waals surface area contributed by atoms with Crippen LogP contribution in [0.3, 0.4) is 0 Å². The predicted octanol–water partition coefficient (Wildman–Crippen LogP) is 2.40. The van der Waals surface area contributed by atoms with E-state index in [4.69, 9.17) is 5.73 Å². The van der Waals surface area contributed by atoms with Gasteiger partial charge in [0, 0.05) is 4.47 Å². The van der Waals surface area contributed by atoms with Gasteiger partial charge in [0.1, 0.15) is 0 Å². The Kier molecular flexibility index (Phi) is 6.64. The summed E-state index contributed by atoms with van der Waals surface area (Å²) in [7, 11) is 0. The maximum atomic E-state index is 11.4. The average molecular weight is 308 g/mol. The molecule has 3 nitrogen and oxygen atoms in total. The Hall–Kier alpha value is -0.580. The molecule has 0 spiro atoms. The summed E-state index contributed by atoms with van der Waals surface area (Å²) in [4.78, 5) is 11.4. The van der Waals surface area contributed by atoms with Gasteiger partial charge in [0.2, 0.25) is 5.91 Å². The number of carbonyl (C=O) groups is 1. The van der Waals surface area contributed by atoms with E-state index in [-0.39, 0.29) is 24.4 Å². The van der Waals surface area contributed by atoms with Crippen molar-refractivity contribution in [1.29, 1.82) is 0 Å². The molecule has 1 rings (SSSR count). The van der Waals surface area contributed by atoms with Crippen molar-refractivity contribution in [3.8, 4) is 0 Å². The summed E-state index contributed by atoms with van der Waals surface area (Å²) < 4.78 is 1.00. The summed E-state index contributed by atoms with van der Waals surface area (Å²) in [5, 5.41) is 2.84. The van der Waals surface area contributed by atoms with Crippen molar-refractivity contribution in [1.82, 2.24) is 5.32 Å². The van der Waals surface area contributed by atoms with Gasteiger partial charge in [-0.15, -0.1) is 12.4 Å². The van der Waals surface area contributed by atoms with Crippen molar-refractivity contribution < 1.29 is 4.79 Å². The first-order valence-corrected chi connectivity index (χ1v) is 5.61. The maximum Gasteiger partial charge on any atom is 0.237 e. The average Bonchev–Trinajstić information content (AvgIpc) is 2.17. The first-order chi connectivity index (χ1) is 7.00. The number of carbonyl (C=O) groups excluding carboxylic acids is 1. The lowest BCUT2D eigenvalue weighted by Crippen LogP contribution is -2.39. The lowest BCUT2D eigenvalue weighted by atomic mass is 10.1. The molecule has 3 N–H and O–H groups in total. The molecule has 0 aliphatic carbocycles. The standard InChI is InChI=1S/C11H15BrN2O.ClH/c1-7(13)11(15)14-8(2)9-4-3-5-10(12)6-9;/h3-8H,13H2,1-2H3,(H,14,15);1H/t7-,8?;/m1./s1. The largest absolute Gasteiger partial charge is 0.348 e. The highest BCUT2D eigenvalue weighted by atomic mass is 79.9. The molecule has 1 aromatic rings. The first kappa shape index (κ1) is 15.4. The molecule has 0 bridgehead atoms. The van der Waals surface area contributed by atoms with E-state index in [1.54, 1.807) is 6.92 Å². The molecule has 0 radical (unpaired) electrons. The second-order valence-electron chi connectivity index (χ2n) is 3.57. The number of amides is 1. The summed E-state index contributed by atoms with van der Waals surface area (Å²) in [6.45, 7) is 3.60. The SMILES string of the molecule is CC(NC(=O)[C@@H](C)N)c1cccc(Br)c1.Cl. The second-order valence-corrected chi connectivity index (χ2v) is 4.49. The van der Waals surface area contributed by atoms with Crippen molar-refractivity contribution in [2.75, 3.05) is 0 Å². The molecule has 0 saturated carbocycles. The van der Waals surface area contributed by atoms with Gasteiger partial charge in [0.05, 0.1) is 12.1 Å².